The second kappa shape index (κ2) is 6.08. The third-order valence-corrected chi connectivity index (χ3v) is 3.37. The van der Waals surface area contributed by atoms with Gasteiger partial charge in [-0.2, -0.15) is 0 Å². The Labute approximate surface area is 95.1 Å². The van der Waals surface area contributed by atoms with E-state index < -0.39 is 0 Å². The Bertz CT molecular complexity index is 274. The fourth-order valence-electron chi connectivity index (χ4n) is 1.36. The second-order valence-corrected chi connectivity index (χ2v) is 4.94. The maximum Gasteiger partial charge on any atom is 0.114 e. The highest BCUT2D eigenvalue weighted by atomic mass is 32.2. The number of rotatable bonds is 7. The number of nitrogens with one attached hydrogen (secondary N) is 1. The Hall–Kier alpha value is -0.610. The van der Waals surface area contributed by atoms with Crippen molar-refractivity contribution in [3.63, 3.8) is 0 Å². The summed E-state index contributed by atoms with van der Waals surface area (Å²) in [6.07, 6.45) is 10.6. The van der Waals surface area contributed by atoms with Gasteiger partial charge in [-0.15, -0.1) is 11.8 Å². The molecule has 0 aromatic carbocycles. The summed E-state index contributed by atoms with van der Waals surface area (Å²) in [4.78, 5) is 8.26. The van der Waals surface area contributed by atoms with Gasteiger partial charge in [0.1, 0.15) is 5.03 Å². The summed E-state index contributed by atoms with van der Waals surface area (Å²) in [5.74, 6) is 1.14. The van der Waals surface area contributed by atoms with E-state index in [2.05, 4.69) is 15.3 Å². The molecule has 0 spiro atoms. The van der Waals surface area contributed by atoms with E-state index in [-0.39, 0.29) is 0 Å². The van der Waals surface area contributed by atoms with Crippen LogP contribution in [0.3, 0.4) is 0 Å². The highest BCUT2D eigenvalue weighted by Gasteiger charge is 2.19. The van der Waals surface area contributed by atoms with Crippen LogP contribution in [0.15, 0.2) is 23.6 Å². The van der Waals surface area contributed by atoms with Crippen LogP contribution in [-0.2, 0) is 0 Å². The molecule has 82 valence electrons. The summed E-state index contributed by atoms with van der Waals surface area (Å²) in [7, 11) is 0. The molecule has 0 bridgehead atoms. The zero-order valence-corrected chi connectivity index (χ0v) is 9.67. The fourth-order valence-corrected chi connectivity index (χ4v) is 2.19. The first-order chi connectivity index (χ1) is 7.45. The lowest BCUT2D eigenvalue weighted by molar-refractivity contribution is 0.640. The molecule has 2 rings (SSSR count). The Balaban J connectivity index is 1.47. The zero-order valence-electron chi connectivity index (χ0n) is 8.85. The van der Waals surface area contributed by atoms with Crippen molar-refractivity contribution in [1.82, 2.24) is 15.3 Å². The molecule has 0 radical (unpaired) electrons. The van der Waals surface area contributed by atoms with Gasteiger partial charge >= 0.3 is 0 Å². The second-order valence-electron chi connectivity index (χ2n) is 3.83. The smallest absolute Gasteiger partial charge is 0.114 e. The van der Waals surface area contributed by atoms with Crippen LogP contribution in [0.1, 0.15) is 25.7 Å². The van der Waals surface area contributed by atoms with Crippen molar-refractivity contribution >= 4 is 11.8 Å². The van der Waals surface area contributed by atoms with E-state index in [1.54, 1.807) is 24.2 Å². The van der Waals surface area contributed by atoms with Crippen molar-refractivity contribution in [2.24, 2.45) is 0 Å². The molecule has 1 N–H and O–H groups in total. The lowest BCUT2D eigenvalue weighted by atomic mass is 10.3. The SMILES string of the molecule is c1cnc(SCCCCNC2CC2)cn1. The third-order valence-electron chi connectivity index (χ3n) is 2.37. The van der Waals surface area contributed by atoms with Gasteiger partial charge in [0.25, 0.3) is 0 Å². The van der Waals surface area contributed by atoms with Gasteiger partial charge in [0.2, 0.25) is 0 Å². The van der Waals surface area contributed by atoms with Crippen molar-refractivity contribution in [1.29, 1.82) is 0 Å². The standard InChI is InChI=1S/C11H17N3S/c1(5-13-10-3-4-10)2-8-15-11-9-12-6-7-14-11/h6-7,9-10,13H,1-5,8H2. The number of unbranched alkanes of at least 4 members (excludes halogenated alkanes) is 1. The molecule has 1 heterocycles. The summed E-state index contributed by atoms with van der Waals surface area (Å²) in [6, 6.07) is 0.845. The maximum absolute atomic E-state index is 4.22. The third kappa shape index (κ3) is 4.62. The Morgan fingerprint density at radius 3 is 3.00 bits per heavy atom. The molecule has 0 unspecified atom stereocenters. The minimum Gasteiger partial charge on any atom is -0.314 e. The summed E-state index contributed by atoms with van der Waals surface area (Å²) < 4.78 is 0. The molecular weight excluding hydrogens is 206 g/mol. The van der Waals surface area contributed by atoms with Crippen LogP contribution >= 0.6 is 11.8 Å². The monoisotopic (exact) mass is 223 g/mol. The number of nitrogens with zero attached hydrogens (tertiary/aromatic N) is 2. The van der Waals surface area contributed by atoms with Gasteiger partial charge in [-0.3, -0.25) is 4.98 Å². The van der Waals surface area contributed by atoms with Gasteiger partial charge in [0.05, 0.1) is 6.20 Å². The maximum atomic E-state index is 4.22. The van der Waals surface area contributed by atoms with Crippen molar-refractivity contribution in [3.8, 4) is 0 Å². The molecular formula is C11H17N3S. The van der Waals surface area contributed by atoms with Crippen molar-refractivity contribution in [2.75, 3.05) is 12.3 Å². The summed E-state index contributed by atoms with van der Waals surface area (Å²) in [5, 5.41) is 4.55. The minimum absolute atomic E-state index is 0.845. The molecule has 1 aliphatic carbocycles. The van der Waals surface area contributed by atoms with Crippen LogP contribution in [-0.4, -0.2) is 28.3 Å². The van der Waals surface area contributed by atoms with Gasteiger partial charge in [-0.1, -0.05) is 0 Å². The van der Waals surface area contributed by atoms with E-state index >= 15 is 0 Å². The van der Waals surface area contributed by atoms with Crippen molar-refractivity contribution in [3.05, 3.63) is 18.6 Å². The quantitative estimate of drug-likeness (QED) is 0.567. The van der Waals surface area contributed by atoms with E-state index in [0.29, 0.717) is 0 Å². The van der Waals surface area contributed by atoms with Gasteiger partial charge < -0.3 is 5.32 Å². The molecule has 0 aliphatic heterocycles. The van der Waals surface area contributed by atoms with E-state index in [0.717, 1.165) is 16.8 Å². The average molecular weight is 223 g/mol. The van der Waals surface area contributed by atoms with Gasteiger partial charge in [-0.05, 0) is 38.0 Å². The number of hydrogen-bond acceptors (Lipinski definition) is 4. The topological polar surface area (TPSA) is 37.8 Å². The van der Waals surface area contributed by atoms with Crippen LogP contribution in [0, 0.1) is 0 Å². The van der Waals surface area contributed by atoms with E-state index in [1.165, 1.54) is 32.2 Å². The summed E-state index contributed by atoms with van der Waals surface area (Å²) >= 11 is 1.79. The minimum atomic E-state index is 0.845. The van der Waals surface area contributed by atoms with E-state index in [1.807, 2.05) is 6.20 Å². The normalized spacial score (nSPS) is 15.5. The van der Waals surface area contributed by atoms with Crippen molar-refractivity contribution < 1.29 is 0 Å². The molecule has 1 saturated carbocycles. The first-order valence-electron chi connectivity index (χ1n) is 5.57. The van der Waals surface area contributed by atoms with Crippen LogP contribution in [0.5, 0.6) is 0 Å². The van der Waals surface area contributed by atoms with E-state index in [4.69, 9.17) is 0 Å². The summed E-state index contributed by atoms with van der Waals surface area (Å²) in [6.45, 7) is 1.17. The van der Waals surface area contributed by atoms with Gasteiger partial charge in [-0.25, -0.2) is 4.98 Å². The molecule has 0 saturated heterocycles. The van der Waals surface area contributed by atoms with Crippen LogP contribution in [0.25, 0.3) is 0 Å². The average Bonchev–Trinajstić information content (AvgIpc) is 3.09. The van der Waals surface area contributed by atoms with Crippen LogP contribution < -0.4 is 5.32 Å². The fraction of sp³-hybridized carbons (Fsp3) is 0.636. The number of aromatic nitrogens is 2. The Morgan fingerprint density at radius 1 is 1.33 bits per heavy atom. The highest BCUT2D eigenvalue weighted by Crippen LogP contribution is 2.19. The molecule has 1 fully saturated rings. The predicted octanol–water partition coefficient (Wildman–Crippen LogP) is 2.10. The van der Waals surface area contributed by atoms with Crippen molar-refractivity contribution in [2.45, 2.75) is 36.8 Å². The lowest BCUT2D eigenvalue weighted by Gasteiger charge is -2.02. The highest BCUT2D eigenvalue weighted by molar-refractivity contribution is 7.99. The lowest BCUT2D eigenvalue weighted by Crippen LogP contribution is -2.17. The Morgan fingerprint density at radius 2 is 2.27 bits per heavy atom. The zero-order chi connectivity index (χ0) is 10.3. The molecule has 0 atom stereocenters. The Kier molecular flexibility index (Phi) is 4.41. The molecule has 1 aromatic heterocycles. The predicted molar refractivity (Wildman–Crippen MR) is 63.0 cm³/mol. The van der Waals surface area contributed by atoms with Gasteiger partial charge in [0, 0.05) is 18.4 Å². The molecule has 1 aromatic rings. The van der Waals surface area contributed by atoms with Gasteiger partial charge in [0.15, 0.2) is 0 Å². The number of hydrogen-bond donors (Lipinski definition) is 1. The molecule has 0 amide bonds. The number of thioether (sulfide) groups is 1. The molecule has 4 heteroatoms. The molecule has 3 nitrogen and oxygen atoms in total. The first-order valence-corrected chi connectivity index (χ1v) is 6.56. The van der Waals surface area contributed by atoms with Crippen LogP contribution in [0.2, 0.25) is 0 Å². The molecule has 15 heavy (non-hydrogen) atoms. The first kappa shape index (κ1) is 10.9. The largest absolute Gasteiger partial charge is 0.314 e. The summed E-state index contributed by atoms with van der Waals surface area (Å²) in [5.41, 5.74) is 0. The van der Waals surface area contributed by atoms with E-state index in [9.17, 15) is 0 Å². The molecule has 1 aliphatic rings. The van der Waals surface area contributed by atoms with Crippen LogP contribution in [0.4, 0.5) is 0 Å².